The Balaban J connectivity index is 1.28. The normalized spacial score (nSPS) is 10.6. The number of amides is 1. The van der Waals surface area contributed by atoms with E-state index in [4.69, 9.17) is 4.74 Å². The van der Waals surface area contributed by atoms with E-state index in [1.54, 1.807) is 6.07 Å². The lowest BCUT2D eigenvalue weighted by atomic mass is 10.1. The summed E-state index contributed by atoms with van der Waals surface area (Å²) in [5, 5.41) is 12.0. The summed E-state index contributed by atoms with van der Waals surface area (Å²) in [7, 11) is 0. The molecular weight excluding hydrogens is 408 g/mol. The second-order valence-electron chi connectivity index (χ2n) is 7.03. The Morgan fingerprint density at radius 2 is 1.71 bits per heavy atom. The van der Waals surface area contributed by atoms with Crippen LogP contribution in [0.5, 0.6) is 5.88 Å². The first-order valence-electron chi connectivity index (χ1n) is 9.95. The summed E-state index contributed by atoms with van der Waals surface area (Å²) in [4.78, 5) is 17.7. The van der Waals surface area contributed by atoms with Gasteiger partial charge in [-0.2, -0.15) is 0 Å². The van der Waals surface area contributed by atoms with Crippen LogP contribution in [0.1, 0.15) is 20.9 Å². The SMILES string of the molecule is Cc1ccc(-c2ccc(OCCNC(=O)c3sc(-c4ccccc4)nc3C)nn2)cc1. The zero-order valence-electron chi connectivity index (χ0n) is 17.3. The van der Waals surface area contributed by atoms with Crippen LogP contribution in [-0.2, 0) is 0 Å². The summed E-state index contributed by atoms with van der Waals surface area (Å²) in [5.74, 6) is 0.270. The Labute approximate surface area is 185 Å². The molecule has 0 saturated carbocycles. The van der Waals surface area contributed by atoms with Gasteiger partial charge in [0.05, 0.1) is 17.9 Å². The third-order valence-corrected chi connectivity index (χ3v) is 5.85. The van der Waals surface area contributed by atoms with E-state index in [0.717, 1.165) is 27.5 Å². The third kappa shape index (κ3) is 5.13. The largest absolute Gasteiger partial charge is 0.475 e. The van der Waals surface area contributed by atoms with Crippen molar-refractivity contribution in [2.45, 2.75) is 13.8 Å². The molecule has 1 amide bonds. The van der Waals surface area contributed by atoms with E-state index in [1.165, 1.54) is 16.9 Å². The average Bonchev–Trinajstić information content (AvgIpc) is 3.20. The molecule has 0 atom stereocenters. The molecule has 2 heterocycles. The van der Waals surface area contributed by atoms with Crippen molar-refractivity contribution in [2.75, 3.05) is 13.2 Å². The van der Waals surface area contributed by atoms with Gasteiger partial charge in [-0.3, -0.25) is 4.79 Å². The van der Waals surface area contributed by atoms with Gasteiger partial charge in [0, 0.05) is 17.2 Å². The van der Waals surface area contributed by atoms with Crippen molar-refractivity contribution >= 4 is 17.2 Å². The van der Waals surface area contributed by atoms with Crippen LogP contribution in [0.4, 0.5) is 0 Å². The van der Waals surface area contributed by atoms with Crippen LogP contribution in [0, 0.1) is 13.8 Å². The maximum Gasteiger partial charge on any atom is 0.263 e. The Hall–Kier alpha value is -3.58. The molecule has 0 aliphatic carbocycles. The van der Waals surface area contributed by atoms with Crippen molar-refractivity contribution in [1.82, 2.24) is 20.5 Å². The van der Waals surface area contributed by atoms with Crippen LogP contribution < -0.4 is 10.1 Å². The highest BCUT2D eigenvalue weighted by atomic mass is 32.1. The Bertz CT molecular complexity index is 1160. The Kier molecular flexibility index (Phi) is 6.33. The van der Waals surface area contributed by atoms with Crippen molar-refractivity contribution in [2.24, 2.45) is 0 Å². The van der Waals surface area contributed by atoms with Crippen LogP contribution in [-0.4, -0.2) is 34.2 Å². The predicted octanol–water partition coefficient (Wildman–Crippen LogP) is 4.69. The Morgan fingerprint density at radius 3 is 2.42 bits per heavy atom. The quantitative estimate of drug-likeness (QED) is 0.430. The number of nitrogens with zero attached hydrogens (tertiary/aromatic N) is 3. The number of rotatable bonds is 7. The second kappa shape index (κ2) is 9.49. The summed E-state index contributed by atoms with van der Waals surface area (Å²) in [6, 6.07) is 21.6. The minimum Gasteiger partial charge on any atom is -0.475 e. The number of carbonyl (C=O) groups is 1. The molecular formula is C24H22N4O2S. The first-order valence-corrected chi connectivity index (χ1v) is 10.8. The van der Waals surface area contributed by atoms with Crippen LogP contribution in [0.25, 0.3) is 21.8 Å². The molecule has 6 nitrogen and oxygen atoms in total. The van der Waals surface area contributed by atoms with Gasteiger partial charge in [-0.05, 0) is 19.9 Å². The van der Waals surface area contributed by atoms with Crippen LogP contribution in [0.3, 0.4) is 0 Å². The molecule has 156 valence electrons. The molecule has 2 aromatic heterocycles. The lowest BCUT2D eigenvalue weighted by Crippen LogP contribution is -2.28. The smallest absolute Gasteiger partial charge is 0.263 e. The molecule has 0 aliphatic heterocycles. The van der Waals surface area contributed by atoms with E-state index in [0.29, 0.717) is 23.9 Å². The molecule has 0 aliphatic rings. The van der Waals surface area contributed by atoms with Crippen molar-refractivity contribution < 1.29 is 9.53 Å². The van der Waals surface area contributed by atoms with Crippen LogP contribution >= 0.6 is 11.3 Å². The molecule has 0 unspecified atom stereocenters. The van der Waals surface area contributed by atoms with Gasteiger partial charge in [0.2, 0.25) is 5.88 Å². The fourth-order valence-electron chi connectivity index (χ4n) is 2.99. The highest BCUT2D eigenvalue weighted by Crippen LogP contribution is 2.27. The van der Waals surface area contributed by atoms with Gasteiger partial charge in [0.25, 0.3) is 5.91 Å². The highest BCUT2D eigenvalue weighted by Gasteiger charge is 2.15. The van der Waals surface area contributed by atoms with Crippen LogP contribution in [0.15, 0.2) is 66.7 Å². The van der Waals surface area contributed by atoms with E-state index < -0.39 is 0 Å². The molecule has 4 rings (SSSR count). The molecule has 4 aromatic rings. The monoisotopic (exact) mass is 430 g/mol. The molecule has 2 aromatic carbocycles. The number of nitrogens with one attached hydrogen (secondary N) is 1. The molecule has 7 heteroatoms. The van der Waals surface area contributed by atoms with E-state index in [-0.39, 0.29) is 5.91 Å². The zero-order valence-corrected chi connectivity index (χ0v) is 18.1. The van der Waals surface area contributed by atoms with Gasteiger partial charge in [0.15, 0.2) is 0 Å². The summed E-state index contributed by atoms with van der Waals surface area (Å²) in [6.45, 7) is 4.55. The fourth-order valence-corrected chi connectivity index (χ4v) is 3.98. The molecule has 0 fully saturated rings. The minimum absolute atomic E-state index is 0.151. The topological polar surface area (TPSA) is 77.0 Å². The Morgan fingerprint density at radius 1 is 0.935 bits per heavy atom. The van der Waals surface area contributed by atoms with E-state index in [2.05, 4.69) is 20.5 Å². The van der Waals surface area contributed by atoms with Gasteiger partial charge in [-0.15, -0.1) is 21.5 Å². The lowest BCUT2D eigenvalue weighted by Gasteiger charge is -2.07. The van der Waals surface area contributed by atoms with E-state index in [1.807, 2.05) is 74.5 Å². The summed E-state index contributed by atoms with van der Waals surface area (Å²) in [6.07, 6.45) is 0. The first-order chi connectivity index (χ1) is 15.1. The van der Waals surface area contributed by atoms with Crippen molar-refractivity contribution in [3.8, 4) is 27.7 Å². The number of hydrogen-bond donors (Lipinski definition) is 1. The number of ether oxygens (including phenoxy) is 1. The summed E-state index contributed by atoms with van der Waals surface area (Å²) >= 11 is 1.39. The number of benzene rings is 2. The third-order valence-electron chi connectivity index (χ3n) is 4.65. The van der Waals surface area contributed by atoms with Gasteiger partial charge in [-0.1, -0.05) is 60.2 Å². The van der Waals surface area contributed by atoms with Crippen LogP contribution in [0.2, 0.25) is 0 Å². The maximum absolute atomic E-state index is 12.5. The molecule has 0 spiro atoms. The zero-order chi connectivity index (χ0) is 21.6. The molecule has 0 radical (unpaired) electrons. The average molecular weight is 431 g/mol. The van der Waals surface area contributed by atoms with Crippen molar-refractivity contribution in [3.05, 3.63) is 82.9 Å². The summed E-state index contributed by atoms with van der Waals surface area (Å²) < 4.78 is 5.61. The first kappa shape index (κ1) is 20.7. The lowest BCUT2D eigenvalue weighted by molar-refractivity contribution is 0.0949. The number of hydrogen-bond acceptors (Lipinski definition) is 6. The number of thiazole rings is 1. The van der Waals surface area contributed by atoms with Crippen molar-refractivity contribution in [3.63, 3.8) is 0 Å². The van der Waals surface area contributed by atoms with Gasteiger partial charge in [-0.25, -0.2) is 4.98 Å². The van der Waals surface area contributed by atoms with Crippen molar-refractivity contribution in [1.29, 1.82) is 0 Å². The number of aromatic nitrogens is 3. The van der Waals surface area contributed by atoms with Gasteiger partial charge in [0.1, 0.15) is 16.5 Å². The van der Waals surface area contributed by atoms with Gasteiger partial charge < -0.3 is 10.1 Å². The van der Waals surface area contributed by atoms with E-state index in [9.17, 15) is 4.79 Å². The molecule has 1 N–H and O–H groups in total. The standard InChI is InChI=1S/C24H22N4O2S/c1-16-8-10-18(11-9-16)20-12-13-21(28-27-20)30-15-14-25-23(29)22-17(2)26-24(31-22)19-6-4-3-5-7-19/h3-13H,14-15H2,1-2H3,(H,25,29). The molecule has 31 heavy (non-hydrogen) atoms. The summed E-state index contributed by atoms with van der Waals surface area (Å²) in [5.41, 5.74) is 4.72. The molecule has 0 bridgehead atoms. The minimum atomic E-state index is -0.151. The highest BCUT2D eigenvalue weighted by molar-refractivity contribution is 7.17. The van der Waals surface area contributed by atoms with Gasteiger partial charge >= 0.3 is 0 Å². The predicted molar refractivity (Wildman–Crippen MR) is 122 cm³/mol. The number of aryl methyl sites for hydroxylation is 2. The molecule has 0 saturated heterocycles. The van der Waals surface area contributed by atoms with E-state index >= 15 is 0 Å². The number of carbonyl (C=O) groups excluding carboxylic acids is 1. The second-order valence-corrected chi connectivity index (χ2v) is 8.03. The maximum atomic E-state index is 12.5. The fraction of sp³-hybridized carbons (Fsp3) is 0.167.